The van der Waals surface area contributed by atoms with E-state index in [1.165, 1.54) is 0 Å². The van der Waals surface area contributed by atoms with Gasteiger partial charge in [-0.25, -0.2) is 0 Å². The van der Waals surface area contributed by atoms with E-state index in [2.05, 4.69) is 21.6 Å². The number of hydrogen-bond acceptors (Lipinski definition) is 4. The summed E-state index contributed by atoms with van der Waals surface area (Å²) < 4.78 is 5.41. The molecule has 1 fully saturated rings. The fourth-order valence-electron chi connectivity index (χ4n) is 2.83. The number of para-hydroxylation sites is 2. The smallest absolute Gasteiger partial charge is 0.226 e. The van der Waals surface area contributed by atoms with Crippen LogP contribution >= 0.6 is 23.2 Å². The molecule has 1 amide bonds. The zero-order valence-corrected chi connectivity index (χ0v) is 15.8. The minimum Gasteiger partial charge on any atom is -0.383 e. The molecule has 0 aromatic heterocycles. The van der Waals surface area contributed by atoms with Crippen molar-refractivity contribution < 1.29 is 9.53 Å². The maximum absolute atomic E-state index is 12.2. The Morgan fingerprint density at radius 2 is 1.77 bits per heavy atom. The minimum atomic E-state index is -0.120. The zero-order valence-electron chi connectivity index (χ0n) is 14.3. The Bertz CT molecular complexity index is 764. The van der Waals surface area contributed by atoms with Crippen LogP contribution in [0.4, 0.5) is 17.1 Å². The zero-order chi connectivity index (χ0) is 18.4. The summed E-state index contributed by atoms with van der Waals surface area (Å²) in [5, 5.41) is 6.92. The molecule has 0 bridgehead atoms. The quantitative estimate of drug-likeness (QED) is 0.769. The first-order valence-electron chi connectivity index (χ1n) is 8.54. The van der Waals surface area contributed by atoms with Crippen LogP contribution in [0.15, 0.2) is 42.5 Å². The number of benzene rings is 2. The predicted octanol–water partition coefficient (Wildman–Crippen LogP) is 4.27. The fourth-order valence-corrected chi connectivity index (χ4v) is 3.17. The molecule has 5 nitrogen and oxygen atoms in total. The lowest BCUT2D eigenvalue weighted by atomic mass is 10.2. The number of hydrogen-bond donors (Lipinski definition) is 2. The summed E-state index contributed by atoms with van der Waals surface area (Å²) in [6, 6.07) is 13.3. The van der Waals surface area contributed by atoms with Crippen molar-refractivity contribution in [1.82, 2.24) is 0 Å². The van der Waals surface area contributed by atoms with Gasteiger partial charge in [0.05, 0.1) is 40.3 Å². The average Bonchev–Trinajstić information content (AvgIpc) is 2.67. The molecule has 0 spiro atoms. The molecule has 1 heterocycles. The molecule has 2 aromatic rings. The van der Waals surface area contributed by atoms with E-state index < -0.39 is 0 Å². The number of nitrogens with zero attached hydrogens (tertiary/aromatic N) is 1. The molecular weight excluding hydrogens is 373 g/mol. The molecule has 7 heteroatoms. The van der Waals surface area contributed by atoms with Crippen LogP contribution in [0.2, 0.25) is 10.0 Å². The Balaban J connectivity index is 1.55. The van der Waals surface area contributed by atoms with Gasteiger partial charge in [-0.2, -0.15) is 0 Å². The molecule has 1 aliphatic rings. The maximum atomic E-state index is 12.2. The van der Waals surface area contributed by atoms with Crippen molar-refractivity contribution in [2.24, 2.45) is 0 Å². The molecule has 2 N–H and O–H groups in total. The Morgan fingerprint density at radius 3 is 2.58 bits per heavy atom. The molecule has 26 heavy (non-hydrogen) atoms. The first-order chi connectivity index (χ1) is 12.6. The number of halogens is 2. The molecule has 3 rings (SSSR count). The van der Waals surface area contributed by atoms with E-state index in [1.807, 2.05) is 18.2 Å². The van der Waals surface area contributed by atoms with Gasteiger partial charge in [-0.05, 0) is 24.3 Å². The fraction of sp³-hybridized carbons (Fsp3) is 0.316. The largest absolute Gasteiger partial charge is 0.383 e. The SMILES string of the molecule is O=C(CCNc1ccccc1N1CCOCC1)Nc1cccc(Cl)c1Cl. The standard InChI is InChI=1S/C19H21Cl2N3O2/c20-14-4-3-6-16(19(14)21)23-18(25)8-9-22-15-5-1-2-7-17(15)24-10-12-26-13-11-24/h1-7,22H,8-13H2,(H,23,25). The van der Waals surface area contributed by atoms with Gasteiger partial charge in [0.1, 0.15) is 0 Å². The topological polar surface area (TPSA) is 53.6 Å². The summed E-state index contributed by atoms with van der Waals surface area (Å²) in [6.45, 7) is 3.72. The van der Waals surface area contributed by atoms with Gasteiger partial charge in [0.25, 0.3) is 0 Å². The molecule has 1 aliphatic heterocycles. The van der Waals surface area contributed by atoms with Crippen LogP contribution in [0.25, 0.3) is 0 Å². The average molecular weight is 394 g/mol. The highest BCUT2D eigenvalue weighted by Gasteiger charge is 2.14. The van der Waals surface area contributed by atoms with Crippen LogP contribution in [-0.4, -0.2) is 38.8 Å². The Kier molecular flexibility index (Phi) is 6.61. The third-order valence-electron chi connectivity index (χ3n) is 4.15. The molecular formula is C19H21Cl2N3O2. The summed E-state index contributed by atoms with van der Waals surface area (Å²) in [7, 11) is 0. The molecule has 138 valence electrons. The maximum Gasteiger partial charge on any atom is 0.226 e. The summed E-state index contributed by atoms with van der Waals surface area (Å²) in [5.41, 5.74) is 2.68. The van der Waals surface area contributed by atoms with Crippen LogP contribution in [-0.2, 0) is 9.53 Å². The second-order valence-electron chi connectivity index (χ2n) is 5.94. The minimum absolute atomic E-state index is 0.120. The lowest BCUT2D eigenvalue weighted by Crippen LogP contribution is -2.36. The number of ether oxygens (including phenoxy) is 1. The Hall–Kier alpha value is -1.95. The van der Waals surface area contributed by atoms with Crippen LogP contribution in [0.5, 0.6) is 0 Å². The third kappa shape index (κ3) is 4.81. The summed E-state index contributed by atoms with van der Waals surface area (Å²) in [4.78, 5) is 14.5. The van der Waals surface area contributed by atoms with Gasteiger partial charge in [0.2, 0.25) is 5.91 Å². The highest BCUT2D eigenvalue weighted by Crippen LogP contribution is 2.29. The predicted molar refractivity (Wildman–Crippen MR) is 108 cm³/mol. The number of amides is 1. The van der Waals surface area contributed by atoms with Crippen molar-refractivity contribution in [2.45, 2.75) is 6.42 Å². The van der Waals surface area contributed by atoms with Gasteiger partial charge in [0, 0.05) is 26.1 Å². The van der Waals surface area contributed by atoms with Gasteiger partial charge in [-0.3, -0.25) is 4.79 Å². The number of anilines is 3. The van der Waals surface area contributed by atoms with E-state index in [-0.39, 0.29) is 5.91 Å². The van der Waals surface area contributed by atoms with E-state index in [9.17, 15) is 4.79 Å². The molecule has 0 aliphatic carbocycles. The van der Waals surface area contributed by atoms with Crippen molar-refractivity contribution in [2.75, 3.05) is 48.4 Å². The molecule has 2 aromatic carbocycles. The van der Waals surface area contributed by atoms with Crippen molar-refractivity contribution in [3.05, 3.63) is 52.5 Å². The first kappa shape index (κ1) is 18.8. The van der Waals surface area contributed by atoms with Gasteiger partial charge in [-0.15, -0.1) is 0 Å². The Labute approximate surface area is 163 Å². The molecule has 0 radical (unpaired) electrons. The number of carbonyl (C=O) groups excluding carboxylic acids is 1. The van der Waals surface area contributed by atoms with E-state index in [0.29, 0.717) is 28.7 Å². The normalized spacial score (nSPS) is 14.2. The number of rotatable bonds is 6. The highest BCUT2D eigenvalue weighted by molar-refractivity contribution is 6.43. The lowest BCUT2D eigenvalue weighted by molar-refractivity contribution is -0.115. The van der Waals surface area contributed by atoms with Gasteiger partial charge in [-0.1, -0.05) is 41.4 Å². The van der Waals surface area contributed by atoms with Crippen LogP contribution < -0.4 is 15.5 Å². The van der Waals surface area contributed by atoms with Gasteiger partial charge < -0.3 is 20.3 Å². The number of nitrogens with one attached hydrogen (secondary N) is 2. The van der Waals surface area contributed by atoms with E-state index in [4.69, 9.17) is 27.9 Å². The second-order valence-corrected chi connectivity index (χ2v) is 6.73. The summed E-state index contributed by atoms with van der Waals surface area (Å²) in [6.07, 6.45) is 0.320. The third-order valence-corrected chi connectivity index (χ3v) is 4.97. The summed E-state index contributed by atoms with van der Waals surface area (Å²) >= 11 is 12.1. The molecule has 1 saturated heterocycles. The van der Waals surface area contributed by atoms with E-state index in [1.54, 1.807) is 18.2 Å². The van der Waals surface area contributed by atoms with Crippen molar-refractivity contribution in [1.29, 1.82) is 0 Å². The number of morpholine rings is 1. The Morgan fingerprint density at radius 1 is 1.04 bits per heavy atom. The molecule has 0 atom stereocenters. The van der Waals surface area contributed by atoms with Crippen LogP contribution in [0, 0.1) is 0 Å². The highest BCUT2D eigenvalue weighted by atomic mass is 35.5. The van der Waals surface area contributed by atoms with E-state index in [0.717, 1.165) is 37.7 Å². The van der Waals surface area contributed by atoms with Gasteiger partial charge in [0.15, 0.2) is 0 Å². The van der Waals surface area contributed by atoms with Crippen LogP contribution in [0.3, 0.4) is 0 Å². The molecule has 0 saturated carbocycles. The first-order valence-corrected chi connectivity index (χ1v) is 9.30. The van der Waals surface area contributed by atoms with Crippen LogP contribution in [0.1, 0.15) is 6.42 Å². The monoisotopic (exact) mass is 393 g/mol. The van der Waals surface area contributed by atoms with Crippen molar-refractivity contribution in [3.63, 3.8) is 0 Å². The van der Waals surface area contributed by atoms with Crippen molar-refractivity contribution in [3.8, 4) is 0 Å². The number of carbonyl (C=O) groups is 1. The second kappa shape index (κ2) is 9.12. The summed E-state index contributed by atoms with van der Waals surface area (Å²) in [5.74, 6) is -0.120. The van der Waals surface area contributed by atoms with Crippen molar-refractivity contribution >= 4 is 46.2 Å². The van der Waals surface area contributed by atoms with Gasteiger partial charge >= 0.3 is 0 Å². The van der Waals surface area contributed by atoms with E-state index >= 15 is 0 Å². The lowest BCUT2D eigenvalue weighted by Gasteiger charge is -2.30. The molecule has 0 unspecified atom stereocenters.